The lowest BCUT2D eigenvalue weighted by Crippen LogP contribution is -2.75. The number of nitrogens with zero attached hydrogens (tertiary/aromatic N) is 1. The van der Waals surface area contributed by atoms with Crippen LogP contribution in [0.4, 0.5) is 10.5 Å². The molecule has 146 valence electrons. The van der Waals surface area contributed by atoms with Crippen LogP contribution in [0.1, 0.15) is 33.3 Å². The van der Waals surface area contributed by atoms with Gasteiger partial charge in [0.2, 0.25) is 0 Å². The third-order valence-corrected chi connectivity index (χ3v) is 5.77. The molecule has 28 heavy (non-hydrogen) atoms. The highest BCUT2D eigenvalue weighted by atomic mass is 35.5. The van der Waals surface area contributed by atoms with Crippen LogP contribution in [0.3, 0.4) is 0 Å². The standard InChI is InChI=1S/C22H24ClN3O2/c1-21(2)18(26-20(27)25-15-8-6-5-7-9-15)22(3,4)19(21)28-16-11-10-14(13-24)17(23)12-16/h5-12,18-19H,1-4H3,(H2,25,26,27). The molecule has 2 amide bonds. The number of benzene rings is 2. The third-order valence-electron chi connectivity index (χ3n) is 5.46. The fourth-order valence-electron chi connectivity index (χ4n) is 4.42. The number of nitriles is 1. The number of nitrogens with one attached hydrogen (secondary N) is 2. The minimum Gasteiger partial charge on any atom is -0.489 e. The Bertz CT molecular complexity index is 903. The lowest BCUT2D eigenvalue weighted by atomic mass is 9.49. The Labute approximate surface area is 170 Å². The Morgan fingerprint density at radius 2 is 1.75 bits per heavy atom. The molecule has 0 spiro atoms. The number of hydrogen-bond donors (Lipinski definition) is 2. The zero-order chi connectivity index (χ0) is 20.5. The summed E-state index contributed by atoms with van der Waals surface area (Å²) in [6.45, 7) is 8.28. The van der Waals surface area contributed by atoms with Gasteiger partial charge >= 0.3 is 6.03 Å². The van der Waals surface area contributed by atoms with Crippen molar-refractivity contribution in [3.63, 3.8) is 0 Å². The highest BCUT2D eigenvalue weighted by molar-refractivity contribution is 6.31. The molecule has 0 bridgehead atoms. The molecule has 0 aromatic heterocycles. The summed E-state index contributed by atoms with van der Waals surface area (Å²) in [5.74, 6) is 0.613. The van der Waals surface area contributed by atoms with Gasteiger partial charge in [-0.25, -0.2) is 4.79 Å². The van der Waals surface area contributed by atoms with Crippen LogP contribution in [0.15, 0.2) is 48.5 Å². The first-order chi connectivity index (χ1) is 13.2. The summed E-state index contributed by atoms with van der Waals surface area (Å²) < 4.78 is 6.23. The molecule has 0 heterocycles. The maximum atomic E-state index is 12.5. The highest BCUT2D eigenvalue weighted by Crippen LogP contribution is 2.55. The second kappa shape index (κ2) is 7.37. The Morgan fingerprint density at radius 1 is 1.11 bits per heavy atom. The molecule has 3 rings (SSSR count). The number of urea groups is 1. The molecule has 6 heteroatoms. The molecular weight excluding hydrogens is 374 g/mol. The van der Waals surface area contributed by atoms with Gasteiger partial charge in [0.05, 0.1) is 10.6 Å². The van der Waals surface area contributed by atoms with Gasteiger partial charge in [-0.15, -0.1) is 0 Å². The Hall–Kier alpha value is -2.71. The van der Waals surface area contributed by atoms with E-state index in [2.05, 4.69) is 38.3 Å². The number of para-hydroxylation sites is 1. The van der Waals surface area contributed by atoms with Crippen molar-refractivity contribution in [1.82, 2.24) is 5.32 Å². The molecule has 0 unspecified atom stereocenters. The number of ether oxygens (including phenoxy) is 1. The van der Waals surface area contributed by atoms with E-state index in [9.17, 15) is 4.79 Å². The monoisotopic (exact) mass is 397 g/mol. The van der Waals surface area contributed by atoms with E-state index >= 15 is 0 Å². The smallest absolute Gasteiger partial charge is 0.319 e. The summed E-state index contributed by atoms with van der Waals surface area (Å²) in [7, 11) is 0. The second-order valence-corrected chi connectivity index (χ2v) is 8.70. The first-order valence-electron chi connectivity index (χ1n) is 9.15. The molecular formula is C22H24ClN3O2. The molecule has 2 N–H and O–H groups in total. The second-order valence-electron chi connectivity index (χ2n) is 8.29. The summed E-state index contributed by atoms with van der Waals surface area (Å²) in [5, 5.41) is 15.3. The van der Waals surface area contributed by atoms with Gasteiger partial charge in [0.25, 0.3) is 0 Å². The van der Waals surface area contributed by atoms with Gasteiger partial charge in [-0.1, -0.05) is 57.5 Å². The van der Waals surface area contributed by atoms with E-state index in [1.165, 1.54) is 0 Å². The van der Waals surface area contributed by atoms with Crippen LogP contribution in [0.25, 0.3) is 0 Å². The molecule has 0 atom stereocenters. The van der Waals surface area contributed by atoms with Crippen molar-refractivity contribution in [1.29, 1.82) is 5.26 Å². The minimum atomic E-state index is -0.294. The van der Waals surface area contributed by atoms with Crippen LogP contribution in [0, 0.1) is 22.2 Å². The first-order valence-corrected chi connectivity index (χ1v) is 9.53. The summed E-state index contributed by atoms with van der Waals surface area (Å²) in [6.07, 6.45) is -0.133. The number of anilines is 1. The van der Waals surface area contributed by atoms with Gasteiger partial charge in [0.15, 0.2) is 0 Å². The molecule has 0 radical (unpaired) electrons. The summed E-state index contributed by atoms with van der Waals surface area (Å²) >= 11 is 6.12. The average molecular weight is 398 g/mol. The van der Waals surface area contributed by atoms with Gasteiger partial charge in [0, 0.05) is 28.6 Å². The Balaban J connectivity index is 1.70. The van der Waals surface area contributed by atoms with E-state index in [1.807, 2.05) is 36.4 Å². The van der Waals surface area contributed by atoms with Crippen LogP contribution in [0.5, 0.6) is 5.75 Å². The van der Waals surface area contributed by atoms with Crippen LogP contribution in [0.2, 0.25) is 5.02 Å². The maximum absolute atomic E-state index is 12.5. The fraction of sp³-hybridized carbons (Fsp3) is 0.364. The third kappa shape index (κ3) is 3.65. The molecule has 1 aliphatic carbocycles. The molecule has 0 saturated heterocycles. The molecule has 0 aliphatic heterocycles. The molecule has 1 aliphatic rings. The summed E-state index contributed by atoms with van der Waals surface area (Å²) in [4.78, 5) is 12.5. The summed E-state index contributed by atoms with van der Waals surface area (Å²) in [5.41, 5.74) is 0.573. The number of carbonyl (C=O) groups is 1. The zero-order valence-corrected chi connectivity index (χ0v) is 17.2. The highest BCUT2D eigenvalue weighted by Gasteiger charge is 2.64. The molecule has 5 nitrogen and oxygen atoms in total. The number of halogens is 1. The zero-order valence-electron chi connectivity index (χ0n) is 16.4. The summed E-state index contributed by atoms with van der Waals surface area (Å²) in [6, 6.07) is 16.1. The normalized spacial score (nSPS) is 21.7. The van der Waals surface area contributed by atoms with Crippen molar-refractivity contribution in [2.45, 2.75) is 39.8 Å². The van der Waals surface area contributed by atoms with Gasteiger partial charge < -0.3 is 15.4 Å². The van der Waals surface area contributed by atoms with E-state index in [4.69, 9.17) is 21.6 Å². The van der Waals surface area contributed by atoms with Crippen LogP contribution in [-0.2, 0) is 0 Å². The van der Waals surface area contributed by atoms with Crippen molar-refractivity contribution < 1.29 is 9.53 Å². The van der Waals surface area contributed by atoms with Crippen LogP contribution in [-0.4, -0.2) is 18.2 Å². The molecule has 1 fully saturated rings. The van der Waals surface area contributed by atoms with E-state index in [0.29, 0.717) is 16.3 Å². The minimum absolute atomic E-state index is 0.0810. The number of rotatable bonds is 4. The first kappa shape index (κ1) is 20.0. The van der Waals surface area contributed by atoms with Crippen molar-refractivity contribution in [2.24, 2.45) is 10.8 Å². The lowest BCUT2D eigenvalue weighted by Gasteiger charge is -2.63. The number of amides is 2. The molecule has 2 aromatic rings. The average Bonchev–Trinajstić information content (AvgIpc) is 2.65. The van der Waals surface area contributed by atoms with E-state index in [-0.39, 0.29) is 29.0 Å². The van der Waals surface area contributed by atoms with E-state index in [1.54, 1.807) is 18.2 Å². The largest absolute Gasteiger partial charge is 0.489 e. The van der Waals surface area contributed by atoms with Gasteiger partial charge in [-0.3, -0.25) is 0 Å². The number of hydrogen-bond acceptors (Lipinski definition) is 3. The Kier molecular flexibility index (Phi) is 5.27. The van der Waals surface area contributed by atoms with E-state index in [0.717, 1.165) is 5.69 Å². The van der Waals surface area contributed by atoms with Crippen LogP contribution < -0.4 is 15.4 Å². The number of carbonyl (C=O) groups excluding carboxylic acids is 1. The fourth-order valence-corrected chi connectivity index (χ4v) is 4.63. The molecule has 1 saturated carbocycles. The predicted molar refractivity (Wildman–Crippen MR) is 111 cm³/mol. The van der Waals surface area contributed by atoms with Crippen molar-refractivity contribution in [3.05, 3.63) is 59.1 Å². The van der Waals surface area contributed by atoms with Crippen molar-refractivity contribution in [2.75, 3.05) is 5.32 Å². The van der Waals surface area contributed by atoms with E-state index < -0.39 is 0 Å². The SMILES string of the molecule is CC1(C)C(NC(=O)Nc2ccccc2)C(C)(C)C1Oc1ccc(C#N)c(Cl)c1. The van der Waals surface area contributed by atoms with Gasteiger partial charge in [-0.05, 0) is 24.3 Å². The van der Waals surface area contributed by atoms with Crippen molar-refractivity contribution >= 4 is 23.3 Å². The lowest BCUT2D eigenvalue weighted by molar-refractivity contribution is -0.163. The Morgan fingerprint density at radius 3 is 2.32 bits per heavy atom. The van der Waals surface area contributed by atoms with Gasteiger partial charge in [-0.2, -0.15) is 5.26 Å². The predicted octanol–water partition coefficient (Wildman–Crippen LogP) is 5.22. The topological polar surface area (TPSA) is 74.2 Å². The van der Waals surface area contributed by atoms with Crippen molar-refractivity contribution in [3.8, 4) is 11.8 Å². The quantitative estimate of drug-likeness (QED) is 0.743. The maximum Gasteiger partial charge on any atom is 0.319 e. The van der Waals surface area contributed by atoms with Crippen LogP contribution >= 0.6 is 11.6 Å². The van der Waals surface area contributed by atoms with Gasteiger partial charge in [0.1, 0.15) is 17.9 Å². The molecule has 2 aromatic carbocycles.